The summed E-state index contributed by atoms with van der Waals surface area (Å²) in [7, 11) is 0. The minimum atomic E-state index is -0.565. The van der Waals surface area contributed by atoms with Crippen LogP contribution in [0.15, 0.2) is 36.5 Å². The fourth-order valence-corrected chi connectivity index (χ4v) is 1.32. The third-order valence-corrected chi connectivity index (χ3v) is 2.28. The quantitative estimate of drug-likeness (QED) is 0.652. The molecule has 0 saturated heterocycles. The predicted octanol–water partition coefficient (Wildman–Crippen LogP) is 2.86. The van der Waals surface area contributed by atoms with Crippen molar-refractivity contribution >= 4 is 23.1 Å². The van der Waals surface area contributed by atoms with Gasteiger partial charge in [-0.25, -0.2) is 14.9 Å². The summed E-state index contributed by atoms with van der Waals surface area (Å²) in [6.45, 7) is 0. The number of benzene rings is 1. The molecule has 1 heterocycles. The highest BCUT2D eigenvalue weighted by atomic mass is 35.5. The van der Waals surface area contributed by atoms with Crippen LogP contribution in [0.1, 0.15) is 0 Å². The van der Waals surface area contributed by atoms with Gasteiger partial charge in [-0.1, -0.05) is 11.6 Å². The van der Waals surface area contributed by atoms with E-state index in [-0.39, 0.29) is 5.75 Å². The van der Waals surface area contributed by atoms with E-state index in [1.165, 1.54) is 18.3 Å². The van der Waals surface area contributed by atoms with Crippen LogP contribution in [0, 0.1) is 5.82 Å². The first-order valence-electron chi connectivity index (χ1n) is 4.75. The molecule has 3 N–H and O–H groups in total. The van der Waals surface area contributed by atoms with Crippen molar-refractivity contribution in [2.75, 3.05) is 11.2 Å². The molecule has 0 aliphatic heterocycles. The largest absolute Gasteiger partial charge is 0.399 e. The Balaban J connectivity index is 2.10. The van der Waals surface area contributed by atoms with E-state index in [0.29, 0.717) is 16.5 Å². The smallest absolute Gasteiger partial charge is 0.190 e. The summed E-state index contributed by atoms with van der Waals surface area (Å²) in [5.74, 6) is -0.240. The van der Waals surface area contributed by atoms with Crippen molar-refractivity contribution in [3.63, 3.8) is 0 Å². The maximum Gasteiger partial charge on any atom is 0.190 e. The highest BCUT2D eigenvalue weighted by Crippen LogP contribution is 2.22. The Morgan fingerprint density at radius 3 is 2.88 bits per heavy atom. The summed E-state index contributed by atoms with van der Waals surface area (Å²) in [6, 6.07) is 7.42. The van der Waals surface area contributed by atoms with Crippen molar-refractivity contribution in [3.8, 4) is 5.75 Å². The van der Waals surface area contributed by atoms with Crippen LogP contribution in [0.3, 0.4) is 0 Å². The van der Waals surface area contributed by atoms with E-state index in [0.717, 1.165) is 6.07 Å². The van der Waals surface area contributed by atoms with Gasteiger partial charge in [0, 0.05) is 18.0 Å². The van der Waals surface area contributed by atoms with Crippen molar-refractivity contribution in [2.45, 2.75) is 0 Å². The summed E-state index contributed by atoms with van der Waals surface area (Å²) in [5.41, 5.74) is 8.20. The topological polar surface area (TPSA) is 60.2 Å². The molecular weight excluding hydrogens is 245 g/mol. The fourth-order valence-electron chi connectivity index (χ4n) is 1.16. The van der Waals surface area contributed by atoms with Gasteiger partial charge in [0.05, 0.1) is 5.02 Å². The van der Waals surface area contributed by atoms with Crippen LogP contribution in [0.5, 0.6) is 5.75 Å². The number of nitrogens with zero attached hydrogens (tertiary/aromatic N) is 1. The van der Waals surface area contributed by atoms with Crippen LogP contribution in [-0.4, -0.2) is 4.98 Å². The van der Waals surface area contributed by atoms with E-state index in [4.69, 9.17) is 22.2 Å². The number of pyridine rings is 1. The monoisotopic (exact) mass is 253 g/mol. The van der Waals surface area contributed by atoms with E-state index < -0.39 is 5.82 Å². The molecule has 0 atom stereocenters. The van der Waals surface area contributed by atoms with Crippen LogP contribution in [0.2, 0.25) is 5.02 Å². The molecule has 4 nitrogen and oxygen atoms in total. The van der Waals surface area contributed by atoms with Crippen molar-refractivity contribution < 1.29 is 9.23 Å². The Hall–Kier alpha value is -2.01. The molecule has 0 unspecified atom stereocenters. The zero-order valence-corrected chi connectivity index (χ0v) is 9.41. The number of anilines is 2. The maximum atomic E-state index is 13.4. The third-order valence-electron chi connectivity index (χ3n) is 1.97. The van der Waals surface area contributed by atoms with Gasteiger partial charge < -0.3 is 10.6 Å². The Kier molecular flexibility index (Phi) is 3.30. The molecule has 1 aromatic heterocycles. The Morgan fingerprint density at radius 2 is 2.18 bits per heavy atom. The summed E-state index contributed by atoms with van der Waals surface area (Å²) in [6.07, 6.45) is 1.54. The van der Waals surface area contributed by atoms with Crippen LogP contribution in [0.4, 0.5) is 15.9 Å². The van der Waals surface area contributed by atoms with Gasteiger partial charge in [0.2, 0.25) is 0 Å². The molecular formula is C11H9ClFN3O. The number of aromatic nitrogens is 1. The van der Waals surface area contributed by atoms with Gasteiger partial charge >= 0.3 is 0 Å². The molecule has 2 aromatic rings. The maximum absolute atomic E-state index is 13.4. The number of nitrogens with one attached hydrogen (secondary N) is 1. The average Bonchev–Trinajstić information content (AvgIpc) is 2.30. The van der Waals surface area contributed by atoms with Crippen molar-refractivity contribution in [2.24, 2.45) is 0 Å². The molecule has 0 radical (unpaired) electrons. The van der Waals surface area contributed by atoms with Gasteiger partial charge in [-0.05, 0) is 24.3 Å². The number of nitrogen functional groups attached to an aromatic ring is 1. The predicted molar refractivity (Wildman–Crippen MR) is 64.3 cm³/mol. The van der Waals surface area contributed by atoms with Crippen LogP contribution in [-0.2, 0) is 0 Å². The minimum absolute atomic E-state index is 0.0147. The molecule has 0 fully saturated rings. The fraction of sp³-hybridized carbons (Fsp3) is 0. The Bertz CT molecular complexity index is 536. The highest BCUT2D eigenvalue weighted by Gasteiger charge is 2.05. The van der Waals surface area contributed by atoms with Crippen LogP contribution in [0.25, 0.3) is 0 Å². The first kappa shape index (κ1) is 11.5. The minimum Gasteiger partial charge on any atom is -0.399 e. The standard InChI is InChI=1S/C11H9ClFN3O/c12-8-2-1-5-15-11(8)16-17-10-4-3-7(14)6-9(10)13/h1-6H,14H2,(H,15,16). The van der Waals surface area contributed by atoms with E-state index in [2.05, 4.69) is 10.5 Å². The molecule has 1 aromatic carbocycles. The van der Waals surface area contributed by atoms with Gasteiger partial charge in [-0.3, -0.25) is 0 Å². The molecule has 0 aliphatic carbocycles. The lowest BCUT2D eigenvalue weighted by atomic mass is 10.3. The molecule has 0 amide bonds. The Morgan fingerprint density at radius 1 is 1.35 bits per heavy atom. The first-order chi connectivity index (χ1) is 8.16. The zero-order valence-electron chi connectivity index (χ0n) is 8.65. The molecule has 6 heteroatoms. The lowest BCUT2D eigenvalue weighted by molar-refractivity contribution is 0.376. The van der Waals surface area contributed by atoms with Crippen molar-refractivity contribution in [3.05, 3.63) is 47.4 Å². The lowest BCUT2D eigenvalue weighted by Crippen LogP contribution is -2.08. The van der Waals surface area contributed by atoms with Gasteiger partial charge in [-0.15, -0.1) is 0 Å². The molecule has 0 spiro atoms. The molecule has 0 aliphatic rings. The highest BCUT2D eigenvalue weighted by molar-refractivity contribution is 6.32. The van der Waals surface area contributed by atoms with Crippen LogP contribution < -0.4 is 16.1 Å². The number of halogens is 2. The summed E-state index contributed by atoms with van der Waals surface area (Å²) in [5, 5.41) is 0.378. The molecule has 0 saturated carbocycles. The second-order valence-electron chi connectivity index (χ2n) is 3.23. The van der Waals surface area contributed by atoms with Crippen molar-refractivity contribution in [1.29, 1.82) is 0 Å². The van der Waals surface area contributed by atoms with E-state index >= 15 is 0 Å². The van der Waals surface area contributed by atoms with Gasteiger partial charge in [0.15, 0.2) is 17.4 Å². The van der Waals surface area contributed by atoms with Gasteiger partial charge in [0.1, 0.15) is 0 Å². The SMILES string of the molecule is Nc1ccc(ONc2ncccc2Cl)c(F)c1. The van der Waals surface area contributed by atoms with E-state index in [1.807, 2.05) is 0 Å². The van der Waals surface area contributed by atoms with Crippen LogP contribution >= 0.6 is 11.6 Å². The summed E-state index contributed by atoms with van der Waals surface area (Å²) >= 11 is 5.84. The van der Waals surface area contributed by atoms with E-state index in [9.17, 15) is 4.39 Å². The average molecular weight is 254 g/mol. The molecule has 0 bridgehead atoms. The second kappa shape index (κ2) is 4.88. The number of rotatable bonds is 3. The zero-order chi connectivity index (χ0) is 12.3. The van der Waals surface area contributed by atoms with Crippen molar-refractivity contribution in [1.82, 2.24) is 4.98 Å². The Labute approximate surface area is 102 Å². The van der Waals surface area contributed by atoms with Gasteiger partial charge in [0.25, 0.3) is 0 Å². The van der Waals surface area contributed by atoms with E-state index in [1.54, 1.807) is 12.1 Å². The first-order valence-corrected chi connectivity index (χ1v) is 5.13. The summed E-state index contributed by atoms with van der Waals surface area (Å²) < 4.78 is 13.4. The number of hydrogen-bond donors (Lipinski definition) is 2. The van der Waals surface area contributed by atoms with Gasteiger partial charge in [-0.2, -0.15) is 0 Å². The summed E-state index contributed by atoms with van der Waals surface area (Å²) in [4.78, 5) is 8.96. The normalized spacial score (nSPS) is 10.0. The molecule has 17 heavy (non-hydrogen) atoms. The second-order valence-corrected chi connectivity index (χ2v) is 3.64. The number of nitrogens with two attached hydrogens (primary N) is 1. The lowest BCUT2D eigenvalue weighted by Gasteiger charge is -2.09. The molecule has 2 rings (SSSR count). The molecule has 88 valence electrons. The number of hydrogen-bond acceptors (Lipinski definition) is 4. The third kappa shape index (κ3) is 2.76.